The van der Waals surface area contributed by atoms with Crippen LogP contribution in [0.15, 0.2) is 77.0 Å². The van der Waals surface area contributed by atoms with Gasteiger partial charge < -0.3 is 29.6 Å². The molecule has 0 radical (unpaired) electrons. The van der Waals surface area contributed by atoms with E-state index in [1.807, 2.05) is 19.2 Å². The van der Waals surface area contributed by atoms with Crippen LogP contribution in [0.2, 0.25) is 0 Å². The average Bonchev–Trinajstić information content (AvgIpc) is 3.79. The lowest BCUT2D eigenvalue weighted by molar-refractivity contribution is -0.384. The minimum absolute atomic E-state index is 0.0193. The van der Waals surface area contributed by atoms with E-state index in [9.17, 15) is 23.3 Å². The van der Waals surface area contributed by atoms with Crippen LogP contribution >= 0.6 is 0 Å². The number of sulfonamides is 1. The van der Waals surface area contributed by atoms with E-state index in [0.717, 1.165) is 80.1 Å². The van der Waals surface area contributed by atoms with Crippen molar-refractivity contribution in [2.45, 2.75) is 63.9 Å². The molecule has 4 aromatic rings. The van der Waals surface area contributed by atoms with Crippen LogP contribution in [0.5, 0.6) is 11.5 Å². The second kappa shape index (κ2) is 16.9. The number of carbonyl (C=O) groups excluding carboxylic acids is 1. The van der Waals surface area contributed by atoms with Crippen LogP contribution in [-0.2, 0) is 14.8 Å². The average molecular weight is 867 g/mol. The van der Waals surface area contributed by atoms with E-state index in [-0.39, 0.29) is 23.1 Å². The summed E-state index contributed by atoms with van der Waals surface area (Å²) in [6.45, 7) is 14.0. The van der Waals surface area contributed by atoms with Crippen LogP contribution in [0.25, 0.3) is 11.0 Å². The summed E-state index contributed by atoms with van der Waals surface area (Å²) < 4.78 is 41.6. The molecule has 16 heteroatoms. The Bertz CT molecular complexity index is 2500. The van der Waals surface area contributed by atoms with Gasteiger partial charge in [0.05, 0.1) is 34.3 Å². The SMILES string of the molecule is C[C@H]1C[C@@H](C2=C(CN3CCN(c4ccc(C(=O)NS(=O)(=O)c5ccc(NC[C@@H]6CN(C)CCO6)c([N+](=O)[O-])c5)c(Oc5cnc6[nH]ccc6c5)c4)CC3)CCC(C)(C)C2)C2CC21. The molecular formula is C46H58N8O7S. The van der Waals surface area contributed by atoms with Crippen molar-refractivity contribution in [1.82, 2.24) is 24.5 Å². The standard InChI is InChI=1S/C46H58N8O7S/c1-29-19-38(39-23-37(29)39)40-24-46(2,3)11-9-31(40)27-52-13-15-53(16-14-52)32-5-7-36(43(21-32)61-33-20-30-10-12-47-44(30)49-25-33)45(55)50-62(58,59)35-6-8-41(42(22-35)54(56)57)48-26-34-28-51(4)17-18-60-34/h5-8,10,12,20-22,25,29,34,37-39,48H,9,11,13-19,23-24,26-28H2,1-4H3,(H,47,49)(H,50,55)/t29-,34+,37?,38+,39?/m0/s1. The van der Waals surface area contributed by atoms with Gasteiger partial charge in [0, 0.05) is 81.8 Å². The lowest BCUT2D eigenvalue weighted by Gasteiger charge is -2.40. The minimum atomic E-state index is -4.56. The number of allylic oxidation sites excluding steroid dienone is 1. The van der Waals surface area contributed by atoms with Crippen LogP contribution in [-0.4, -0.2) is 111 Å². The highest BCUT2D eigenvalue weighted by Crippen LogP contribution is 2.62. The summed E-state index contributed by atoms with van der Waals surface area (Å²) in [6.07, 6.45) is 9.52. The molecule has 4 fully saturated rings. The Morgan fingerprint density at radius 2 is 1.89 bits per heavy atom. The highest BCUT2D eigenvalue weighted by atomic mass is 32.2. The van der Waals surface area contributed by atoms with E-state index in [2.05, 4.69) is 55.5 Å². The summed E-state index contributed by atoms with van der Waals surface area (Å²) in [7, 11) is -2.59. The Morgan fingerprint density at radius 3 is 2.63 bits per heavy atom. The number of carbonyl (C=O) groups is 1. The number of H-pyrrole nitrogens is 1. The molecular weight excluding hydrogens is 809 g/mol. The normalized spacial score (nSPS) is 25.4. The van der Waals surface area contributed by atoms with E-state index in [1.165, 1.54) is 44.2 Å². The molecule has 0 spiro atoms. The van der Waals surface area contributed by atoms with E-state index >= 15 is 0 Å². The maximum absolute atomic E-state index is 13.9. The van der Waals surface area contributed by atoms with Crippen molar-refractivity contribution in [3.63, 3.8) is 0 Å². The Morgan fingerprint density at radius 1 is 1.06 bits per heavy atom. The van der Waals surface area contributed by atoms with Crippen LogP contribution in [0.1, 0.15) is 63.2 Å². The third kappa shape index (κ3) is 9.06. The third-order valence-corrected chi connectivity index (χ3v) is 15.3. The van der Waals surface area contributed by atoms with Crippen LogP contribution < -0.4 is 19.7 Å². The van der Waals surface area contributed by atoms with Crippen molar-refractivity contribution >= 4 is 44.0 Å². The summed E-state index contributed by atoms with van der Waals surface area (Å²) in [4.78, 5) is 39.5. The fraction of sp³-hybridized carbons (Fsp3) is 0.522. The monoisotopic (exact) mass is 866 g/mol. The molecule has 9 rings (SSSR count). The molecule has 2 aromatic carbocycles. The summed E-state index contributed by atoms with van der Waals surface area (Å²) >= 11 is 0. The number of likely N-dealkylation sites (N-methyl/N-ethyl adjacent to an activating group) is 1. The summed E-state index contributed by atoms with van der Waals surface area (Å²) in [5.74, 6) is 3.02. The number of rotatable bonds is 13. The van der Waals surface area contributed by atoms with E-state index < -0.39 is 31.4 Å². The number of aromatic amines is 1. The lowest BCUT2D eigenvalue weighted by atomic mass is 9.69. The lowest BCUT2D eigenvalue weighted by Crippen LogP contribution is -2.47. The highest BCUT2D eigenvalue weighted by molar-refractivity contribution is 7.90. The molecule has 330 valence electrons. The number of hydrogen-bond acceptors (Lipinski definition) is 12. The van der Waals surface area contributed by atoms with Gasteiger partial charge in [0.25, 0.3) is 21.6 Å². The number of ether oxygens (including phenoxy) is 2. The molecule has 4 heterocycles. The van der Waals surface area contributed by atoms with Gasteiger partial charge in [-0.05, 0) is 105 Å². The number of pyridine rings is 1. The second-order valence-corrected chi connectivity index (χ2v) is 20.7. The van der Waals surface area contributed by atoms with E-state index in [4.69, 9.17) is 9.47 Å². The van der Waals surface area contributed by atoms with Gasteiger partial charge in [-0.15, -0.1) is 0 Å². The zero-order chi connectivity index (χ0) is 43.3. The Kier molecular flexibility index (Phi) is 11.5. The fourth-order valence-corrected chi connectivity index (χ4v) is 11.4. The molecule has 2 aliphatic heterocycles. The van der Waals surface area contributed by atoms with E-state index in [1.54, 1.807) is 41.7 Å². The topological polar surface area (TPSA) is 175 Å². The van der Waals surface area contributed by atoms with Crippen LogP contribution in [0.4, 0.5) is 17.1 Å². The van der Waals surface area contributed by atoms with Gasteiger partial charge in [-0.25, -0.2) is 18.1 Å². The van der Waals surface area contributed by atoms with Crippen molar-refractivity contribution in [3.8, 4) is 11.5 Å². The molecule has 2 saturated heterocycles. The number of piperazine rings is 1. The number of morpholine rings is 1. The first-order valence-corrected chi connectivity index (χ1v) is 23.5. The van der Waals surface area contributed by atoms with E-state index in [0.29, 0.717) is 36.5 Å². The summed E-state index contributed by atoms with van der Waals surface area (Å²) in [5.41, 5.74) is 5.01. The molecule has 0 bridgehead atoms. The molecule has 3 N–H and O–H groups in total. The second-order valence-electron chi connectivity index (χ2n) is 19.0. The molecule has 2 saturated carbocycles. The molecule has 5 atom stereocenters. The van der Waals surface area contributed by atoms with Gasteiger partial charge in [0.2, 0.25) is 0 Å². The maximum Gasteiger partial charge on any atom is 0.293 e. The van der Waals surface area contributed by atoms with Crippen LogP contribution in [0.3, 0.4) is 0 Å². The summed E-state index contributed by atoms with van der Waals surface area (Å²) in [6, 6.07) is 12.3. The zero-order valence-electron chi connectivity index (χ0n) is 36.1. The third-order valence-electron chi connectivity index (χ3n) is 14.0. The van der Waals surface area contributed by atoms with Gasteiger partial charge in [0.15, 0.2) is 0 Å². The number of nitrogens with zero attached hydrogens (tertiary/aromatic N) is 5. The predicted molar refractivity (Wildman–Crippen MR) is 238 cm³/mol. The smallest absolute Gasteiger partial charge is 0.293 e. The molecule has 5 aliphatic rings. The van der Waals surface area contributed by atoms with Gasteiger partial charge in [-0.2, -0.15) is 0 Å². The number of amides is 1. The molecule has 3 aliphatic carbocycles. The minimum Gasteiger partial charge on any atom is -0.455 e. The summed E-state index contributed by atoms with van der Waals surface area (Å²) in [5, 5.41) is 16.0. The van der Waals surface area contributed by atoms with Crippen LogP contribution in [0, 0.1) is 39.2 Å². The van der Waals surface area contributed by atoms with Crippen molar-refractivity contribution in [3.05, 3.63) is 87.7 Å². The van der Waals surface area contributed by atoms with Gasteiger partial charge in [-0.3, -0.25) is 19.8 Å². The number of fused-ring (bicyclic) bond motifs is 2. The maximum atomic E-state index is 13.9. The molecule has 2 aromatic heterocycles. The highest BCUT2D eigenvalue weighted by Gasteiger charge is 2.54. The van der Waals surface area contributed by atoms with Crippen molar-refractivity contribution in [1.29, 1.82) is 0 Å². The molecule has 62 heavy (non-hydrogen) atoms. The number of nitrogens with one attached hydrogen (secondary N) is 3. The Balaban J connectivity index is 0.918. The van der Waals surface area contributed by atoms with Gasteiger partial charge in [-0.1, -0.05) is 31.9 Å². The van der Waals surface area contributed by atoms with Crippen molar-refractivity contribution < 1.29 is 27.6 Å². The first kappa shape index (κ1) is 42.3. The number of hydrogen-bond donors (Lipinski definition) is 3. The largest absolute Gasteiger partial charge is 0.455 e. The number of aromatic nitrogens is 2. The molecule has 2 unspecified atom stereocenters. The van der Waals surface area contributed by atoms with Gasteiger partial charge >= 0.3 is 0 Å². The van der Waals surface area contributed by atoms with Crippen molar-refractivity contribution in [2.24, 2.45) is 29.1 Å². The Hall–Kier alpha value is -5.03. The fourth-order valence-electron chi connectivity index (χ4n) is 10.4. The predicted octanol–water partition coefficient (Wildman–Crippen LogP) is 7.05. The van der Waals surface area contributed by atoms with Gasteiger partial charge in [0.1, 0.15) is 22.8 Å². The number of nitro groups is 1. The number of benzene rings is 2. The molecule has 1 amide bonds. The quantitative estimate of drug-likeness (QED) is 0.0711. The first-order chi connectivity index (χ1) is 29.7. The zero-order valence-corrected chi connectivity index (χ0v) is 36.9. The Labute approximate surface area is 363 Å². The first-order valence-electron chi connectivity index (χ1n) is 22.0. The number of anilines is 2. The molecule has 15 nitrogen and oxygen atoms in total. The van der Waals surface area contributed by atoms with Crippen molar-refractivity contribution in [2.75, 3.05) is 76.2 Å². The number of nitro benzene ring substituents is 1.